The third kappa shape index (κ3) is 8.44. The Labute approximate surface area is 307 Å². The van der Waals surface area contributed by atoms with Crippen LogP contribution in [0.3, 0.4) is 0 Å². The van der Waals surface area contributed by atoms with Gasteiger partial charge < -0.3 is 38.3 Å². The molecule has 1 saturated heterocycles. The number of aliphatic hydroxyl groups is 1. The fourth-order valence-electron chi connectivity index (χ4n) is 6.52. The first-order valence-electron chi connectivity index (χ1n) is 17.3. The molecule has 6 rings (SSSR count). The Kier molecular flexibility index (Phi) is 12.5. The Hall–Kier alpha value is -5.08. The smallest absolute Gasteiger partial charge is 0.330 e. The van der Waals surface area contributed by atoms with Gasteiger partial charge in [-0.25, -0.2) is 4.79 Å². The van der Waals surface area contributed by atoms with Gasteiger partial charge in [-0.05, 0) is 46.5 Å². The van der Waals surface area contributed by atoms with Crippen LogP contribution in [0.1, 0.15) is 33.9 Å². The Morgan fingerprint density at radius 3 is 1.94 bits per heavy atom. The molecule has 4 atom stereocenters. The van der Waals surface area contributed by atoms with Crippen molar-refractivity contribution in [1.29, 1.82) is 0 Å². The average Bonchev–Trinajstić information content (AvgIpc) is 3.51. The van der Waals surface area contributed by atoms with E-state index in [-0.39, 0.29) is 38.7 Å². The SMILES string of the molecule is COCCO[C@@H]1[C@H](O)[C@@H](COC(c2ccccc2)(c2ccc(OC)cc2)c2ccc(OC)cc2)O[C@H]1c1cn(COCc2ccccc2)c(=O)[nH]c1=O. The third-order valence-corrected chi connectivity index (χ3v) is 9.26. The first-order chi connectivity index (χ1) is 25.9. The Balaban J connectivity index is 1.34. The minimum Gasteiger partial charge on any atom is -0.497 e. The van der Waals surface area contributed by atoms with Crippen molar-refractivity contribution in [3.63, 3.8) is 0 Å². The zero-order chi connectivity index (χ0) is 37.2. The van der Waals surface area contributed by atoms with Crippen LogP contribution in [0.2, 0.25) is 0 Å². The summed E-state index contributed by atoms with van der Waals surface area (Å²) in [7, 11) is 4.75. The molecule has 0 saturated carbocycles. The van der Waals surface area contributed by atoms with E-state index in [4.69, 9.17) is 33.2 Å². The number of hydrogen-bond donors (Lipinski definition) is 2. The molecule has 0 unspecified atom stereocenters. The molecule has 0 aliphatic carbocycles. The van der Waals surface area contributed by atoms with E-state index < -0.39 is 41.3 Å². The quantitative estimate of drug-likeness (QED) is 0.104. The van der Waals surface area contributed by atoms with E-state index in [0.29, 0.717) is 11.5 Å². The van der Waals surface area contributed by atoms with Crippen molar-refractivity contribution < 1.29 is 38.3 Å². The predicted octanol–water partition coefficient (Wildman–Crippen LogP) is 4.57. The van der Waals surface area contributed by atoms with Crippen LogP contribution in [0.15, 0.2) is 125 Å². The van der Waals surface area contributed by atoms with Gasteiger partial charge in [-0.1, -0.05) is 84.9 Å². The van der Waals surface area contributed by atoms with E-state index in [2.05, 4.69) is 4.98 Å². The molecule has 0 radical (unpaired) electrons. The number of nitrogens with one attached hydrogen (secondary N) is 1. The highest BCUT2D eigenvalue weighted by atomic mass is 16.6. The summed E-state index contributed by atoms with van der Waals surface area (Å²) in [4.78, 5) is 28.5. The minimum absolute atomic E-state index is 0.0940. The maximum absolute atomic E-state index is 13.3. The normalized spacial score (nSPS) is 18.6. The van der Waals surface area contributed by atoms with Gasteiger partial charge in [0.05, 0.1) is 46.2 Å². The lowest BCUT2D eigenvalue weighted by Gasteiger charge is -2.37. The van der Waals surface area contributed by atoms with E-state index in [1.54, 1.807) is 14.2 Å². The molecule has 1 aliphatic rings. The molecule has 4 aromatic carbocycles. The molecule has 0 bridgehead atoms. The Morgan fingerprint density at radius 1 is 0.774 bits per heavy atom. The second-order valence-electron chi connectivity index (χ2n) is 12.5. The van der Waals surface area contributed by atoms with Crippen molar-refractivity contribution in [3.8, 4) is 11.5 Å². The molecule has 53 heavy (non-hydrogen) atoms. The minimum atomic E-state index is -1.23. The van der Waals surface area contributed by atoms with E-state index >= 15 is 0 Å². The fourth-order valence-corrected chi connectivity index (χ4v) is 6.52. The zero-order valence-corrected chi connectivity index (χ0v) is 29.9. The molecule has 1 aromatic heterocycles. The summed E-state index contributed by atoms with van der Waals surface area (Å²) in [5.74, 6) is 1.35. The lowest BCUT2D eigenvalue weighted by Crippen LogP contribution is -2.40. The van der Waals surface area contributed by atoms with Gasteiger partial charge >= 0.3 is 5.69 Å². The maximum Gasteiger partial charge on any atom is 0.330 e. The number of hydrogen-bond acceptors (Lipinski definition) is 10. The van der Waals surface area contributed by atoms with E-state index in [9.17, 15) is 14.7 Å². The number of aromatic nitrogens is 2. The van der Waals surface area contributed by atoms with Crippen LogP contribution in [0.4, 0.5) is 0 Å². The summed E-state index contributed by atoms with van der Waals surface area (Å²) in [6, 6.07) is 34.4. The zero-order valence-electron chi connectivity index (χ0n) is 29.9. The van der Waals surface area contributed by atoms with Gasteiger partial charge in [-0.2, -0.15) is 0 Å². The molecular weight excluding hydrogens is 680 g/mol. The molecule has 12 heteroatoms. The topological polar surface area (TPSA) is 140 Å². The molecule has 5 aromatic rings. The second-order valence-corrected chi connectivity index (χ2v) is 12.5. The highest BCUT2D eigenvalue weighted by molar-refractivity contribution is 5.49. The number of aliphatic hydroxyl groups excluding tert-OH is 1. The van der Waals surface area contributed by atoms with Gasteiger partial charge in [0, 0.05) is 13.3 Å². The van der Waals surface area contributed by atoms with Crippen LogP contribution in [-0.4, -0.2) is 74.1 Å². The van der Waals surface area contributed by atoms with Gasteiger partial charge in [-0.15, -0.1) is 0 Å². The largest absolute Gasteiger partial charge is 0.497 e. The monoisotopic (exact) mass is 724 g/mol. The van der Waals surface area contributed by atoms with Crippen molar-refractivity contribution in [2.24, 2.45) is 0 Å². The molecule has 1 fully saturated rings. The summed E-state index contributed by atoms with van der Waals surface area (Å²) in [6.45, 7) is 0.375. The summed E-state index contributed by atoms with van der Waals surface area (Å²) in [5, 5.41) is 11.8. The number of methoxy groups -OCH3 is 3. The first-order valence-corrected chi connectivity index (χ1v) is 17.3. The summed E-state index contributed by atoms with van der Waals surface area (Å²) < 4.78 is 42.7. The first kappa shape index (κ1) is 37.7. The van der Waals surface area contributed by atoms with Crippen molar-refractivity contribution in [3.05, 3.63) is 164 Å². The maximum atomic E-state index is 13.3. The average molecular weight is 725 g/mol. The van der Waals surface area contributed by atoms with Gasteiger partial charge in [0.15, 0.2) is 0 Å². The molecule has 1 aliphatic heterocycles. The van der Waals surface area contributed by atoms with E-state index in [0.717, 1.165) is 22.3 Å². The van der Waals surface area contributed by atoms with Crippen LogP contribution in [0.25, 0.3) is 0 Å². The molecule has 2 N–H and O–H groups in total. The van der Waals surface area contributed by atoms with Crippen LogP contribution in [0, 0.1) is 0 Å². The molecule has 278 valence electrons. The van der Waals surface area contributed by atoms with Crippen molar-refractivity contribution >= 4 is 0 Å². The number of nitrogens with zero attached hydrogens (tertiary/aromatic N) is 1. The summed E-state index contributed by atoms with van der Waals surface area (Å²) in [5.41, 5.74) is 0.947. The standard InChI is InChI=1S/C41H44N2O10/c1-47-22-23-51-38-36(44)35(53-37(38)34-24-43(40(46)42-39(34)45)27-50-25-28-10-6-4-7-11-28)26-52-41(29-12-8-5-9-13-29,30-14-18-32(48-2)19-15-30)31-16-20-33(49-3)21-17-31/h4-21,24,35-38,44H,22-23,25-27H2,1-3H3,(H,42,45,46)/t35-,36-,37+,38-/m1/s1. The number of H-pyrrole nitrogens is 1. The highest BCUT2D eigenvalue weighted by Gasteiger charge is 2.48. The van der Waals surface area contributed by atoms with Crippen LogP contribution in [-0.2, 0) is 42.6 Å². The van der Waals surface area contributed by atoms with Gasteiger partial charge in [-0.3, -0.25) is 14.3 Å². The van der Waals surface area contributed by atoms with Gasteiger partial charge in [0.2, 0.25) is 0 Å². The van der Waals surface area contributed by atoms with E-state index in [1.807, 2.05) is 109 Å². The van der Waals surface area contributed by atoms with Crippen LogP contribution in [0.5, 0.6) is 11.5 Å². The molecule has 0 amide bonds. The summed E-state index contributed by atoms with van der Waals surface area (Å²) >= 11 is 0. The van der Waals surface area contributed by atoms with Crippen LogP contribution < -0.4 is 20.7 Å². The lowest BCUT2D eigenvalue weighted by atomic mass is 9.80. The predicted molar refractivity (Wildman–Crippen MR) is 196 cm³/mol. The molecule has 0 spiro atoms. The Morgan fingerprint density at radius 2 is 1.36 bits per heavy atom. The summed E-state index contributed by atoms with van der Waals surface area (Å²) in [6.07, 6.45) is -2.85. The number of benzene rings is 4. The number of aromatic amines is 1. The molecule has 12 nitrogen and oxygen atoms in total. The van der Waals surface area contributed by atoms with Gasteiger partial charge in [0.1, 0.15) is 48.2 Å². The number of rotatable bonds is 17. The Bertz CT molecular complexity index is 1950. The second kappa shape index (κ2) is 17.6. The van der Waals surface area contributed by atoms with Crippen LogP contribution >= 0.6 is 0 Å². The van der Waals surface area contributed by atoms with Gasteiger partial charge in [0.25, 0.3) is 5.56 Å². The number of ether oxygens (including phenoxy) is 7. The van der Waals surface area contributed by atoms with Crippen molar-refractivity contribution in [2.75, 3.05) is 41.2 Å². The van der Waals surface area contributed by atoms with Crippen molar-refractivity contribution in [1.82, 2.24) is 9.55 Å². The molecule has 2 heterocycles. The fraction of sp³-hybridized carbons (Fsp3) is 0.317. The lowest BCUT2D eigenvalue weighted by molar-refractivity contribution is -0.0831. The third-order valence-electron chi connectivity index (χ3n) is 9.26. The highest BCUT2D eigenvalue weighted by Crippen LogP contribution is 2.43. The molecular formula is C41H44N2O10. The van der Waals surface area contributed by atoms with E-state index in [1.165, 1.54) is 17.9 Å². The van der Waals surface area contributed by atoms with Crippen molar-refractivity contribution in [2.45, 2.75) is 43.4 Å².